The minimum atomic E-state index is -6.03. The number of rotatable bonds is 5. The highest BCUT2D eigenvalue weighted by Gasteiger charge is 2.46. The van der Waals surface area contributed by atoms with Crippen molar-refractivity contribution in [3.8, 4) is 44.9 Å². The van der Waals surface area contributed by atoms with Crippen LogP contribution in [0.4, 0.5) is 90.4 Å². The highest BCUT2D eigenvalue weighted by atomic mass is 19.4. The number of hydrogen-bond donors (Lipinski definition) is 2. The van der Waals surface area contributed by atoms with Crippen molar-refractivity contribution < 1.29 is 88.5 Å². The quantitative estimate of drug-likeness (QED) is 0.156. The number of ether oxygens (including phenoxy) is 2. The van der Waals surface area contributed by atoms with Crippen molar-refractivity contribution in [2.45, 2.75) is 37.4 Å². The molecule has 4 rings (SSSR count). The van der Waals surface area contributed by atoms with Gasteiger partial charge < -0.3 is 20.9 Å². The summed E-state index contributed by atoms with van der Waals surface area (Å²) >= 11 is 0. The van der Waals surface area contributed by atoms with Crippen LogP contribution in [0.2, 0.25) is 0 Å². The normalized spacial score (nSPS) is 13.3. The third kappa shape index (κ3) is 8.81. The molecule has 0 aliphatic heterocycles. The summed E-state index contributed by atoms with van der Waals surface area (Å²) in [7, 11) is 0. The number of hydrogen-bond acceptors (Lipinski definition) is 4. The van der Waals surface area contributed by atoms with Crippen LogP contribution in [0.15, 0.2) is 60.7 Å². The molecule has 0 aliphatic carbocycles. The first-order valence-corrected chi connectivity index (χ1v) is 13.3. The maximum atomic E-state index is 14.5. The lowest BCUT2D eigenvalue weighted by molar-refractivity contribution is -0.275. The maximum absolute atomic E-state index is 14.5. The molecule has 0 saturated carbocycles. The molecular formula is C30H14F18N2O2. The molecule has 4 nitrogen and oxygen atoms in total. The Balaban J connectivity index is 2.21. The van der Waals surface area contributed by atoms with Crippen LogP contribution < -0.4 is 20.9 Å². The zero-order chi connectivity index (χ0) is 39.6. The number of alkyl halides is 18. The van der Waals surface area contributed by atoms with Crippen molar-refractivity contribution in [1.29, 1.82) is 0 Å². The third-order valence-electron chi connectivity index (χ3n) is 6.87. The number of halogens is 18. The van der Waals surface area contributed by atoms with Crippen molar-refractivity contribution >= 4 is 11.4 Å². The third-order valence-corrected chi connectivity index (χ3v) is 6.87. The van der Waals surface area contributed by atoms with E-state index in [0.29, 0.717) is 24.3 Å². The summed E-state index contributed by atoms with van der Waals surface area (Å²) in [5.74, 6) is -3.20. The molecular weight excluding hydrogens is 762 g/mol. The second kappa shape index (κ2) is 12.8. The Kier molecular flexibility index (Phi) is 9.74. The van der Waals surface area contributed by atoms with Gasteiger partial charge >= 0.3 is 37.4 Å². The van der Waals surface area contributed by atoms with E-state index in [2.05, 4.69) is 9.47 Å². The molecule has 0 atom stereocenters. The molecule has 52 heavy (non-hydrogen) atoms. The van der Waals surface area contributed by atoms with Crippen molar-refractivity contribution in [3.05, 3.63) is 82.9 Å². The minimum Gasteiger partial charge on any atom is -0.405 e. The van der Waals surface area contributed by atoms with Crippen molar-refractivity contribution in [1.82, 2.24) is 0 Å². The largest absolute Gasteiger partial charge is 0.573 e. The van der Waals surface area contributed by atoms with Gasteiger partial charge in [0.15, 0.2) is 0 Å². The second-order valence-electron chi connectivity index (χ2n) is 10.5. The second-order valence-corrected chi connectivity index (χ2v) is 10.5. The summed E-state index contributed by atoms with van der Waals surface area (Å²) in [5.41, 5.74) is -11.0. The number of nitrogen functional groups attached to an aromatic ring is 2. The van der Waals surface area contributed by atoms with Crippen LogP contribution in [0, 0.1) is 0 Å². The summed E-state index contributed by atoms with van der Waals surface area (Å²) in [5, 5.41) is 0. The molecule has 4 aromatic rings. The number of nitrogens with two attached hydrogens (primary N) is 2. The van der Waals surface area contributed by atoms with Crippen LogP contribution in [-0.2, 0) is 24.7 Å². The molecule has 22 heteroatoms. The Morgan fingerprint density at radius 2 is 0.558 bits per heavy atom. The molecule has 282 valence electrons. The average Bonchev–Trinajstić information content (AvgIpc) is 2.92. The molecule has 0 unspecified atom stereocenters. The number of benzene rings is 4. The SMILES string of the molecule is Nc1ccc(-c2cc(C(F)(F)F)c(-c3cc(C(F)(F)F)c(-c4ccc(N)cc4OC(F)(F)F)cc3C(F)(F)F)cc2C(F)(F)F)c(OC(F)(F)F)c1. The maximum Gasteiger partial charge on any atom is 0.573 e. The summed E-state index contributed by atoms with van der Waals surface area (Å²) in [6.07, 6.45) is -35.3. The summed E-state index contributed by atoms with van der Waals surface area (Å²) in [4.78, 5) is 0. The topological polar surface area (TPSA) is 70.5 Å². The van der Waals surface area contributed by atoms with Gasteiger partial charge in [0.05, 0.1) is 22.3 Å². The van der Waals surface area contributed by atoms with Gasteiger partial charge in [0.2, 0.25) is 0 Å². The monoisotopic (exact) mass is 776 g/mol. The first-order valence-electron chi connectivity index (χ1n) is 13.3. The highest BCUT2D eigenvalue weighted by Crippen LogP contribution is 2.53. The van der Waals surface area contributed by atoms with Crippen molar-refractivity contribution in [3.63, 3.8) is 0 Å². The van der Waals surface area contributed by atoms with Crippen LogP contribution in [0.25, 0.3) is 33.4 Å². The predicted octanol–water partition coefficient (Wildman–Crippen LogP) is 11.7. The van der Waals surface area contributed by atoms with E-state index < -0.39 is 140 Å². The molecule has 0 spiro atoms. The van der Waals surface area contributed by atoms with Crippen LogP contribution in [-0.4, -0.2) is 12.7 Å². The fourth-order valence-corrected chi connectivity index (χ4v) is 4.97. The Morgan fingerprint density at radius 1 is 0.327 bits per heavy atom. The zero-order valence-electron chi connectivity index (χ0n) is 24.5. The lowest BCUT2D eigenvalue weighted by Gasteiger charge is -2.25. The van der Waals surface area contributed by atoms with Gasteiger partial charge in [-0.2, -0.15) is 52.7 Å². The Morgan fingerprint density at radius 3 is 0.769 bits per heavy atom. The molecule has 0 fully saturated rings. The van der Waals surface area contributed by atoms with Gasteiger partial charge in [0.1, 0.15) is 11.5 Å². The van der Waals surface area contributed by atoms with Gasteiger partial charge in [-0.15, -0.1) is 26.3 Å². The molecule has 0 heterocycles. The molecule has 4 aromatic carbocycles. The standard InChI is InChI=1S/C30H14F18N2O2/c31-25(32,33)19-9-17(21(27(37,38)39)7-15(19)13-3-1-11(49)5-23(13)51-29(43,44)45)18-10-20(26(34,35)36)16(8-22(18)28(40,41)42)14-4-2-12(50)6-24(14)52-30(46,47)48/h1-10H,49-50H2. The molecule has 0 saturated heterocycles. The summed E-state index contributed by atoms with van der Waals surface area (Å²) < 4.78 is 259. The first-order chi connectivity index (χ1) is 23.4. The summed E-state index contributed by atoms with van der Waals surface area (Å²) in [6, 6.07) is 0.0378. The van der Waals surface area contributed by atoms with E-state index in [9.17, 15) is 79.0 Å². The lowest BCUT2D eigenvalue weighted by atomic mass is 9.85. The first kappa shape index (κ1) is 39.6. The van der Waals surface area contributed by atoms with Crippen molar-refractivity contribution in [2.24, 2.45) is 0 Å². The van der Waals surface area contributed by atoms with Crippen LogP contribution in [0.5, 0.6) is 11.5 Å². The Bertz CT molecular complexity index is 1840. The van der Waals surface area contributed by atoms with E-state index in [1.165, 1.54) is 0 Å². The van der Waals surface area contributed by atoms with Gasteiger partial charge in [-0.3, -0.25) is 0 Å². The molecule has 0 radical (unpaired) electrons. The highest BCUT2D eigenvalue weighted by molar-refractivity contribution is 5.86. The van der Waals surface area contributed by atoms with E-state index in [1.807, 2.05) is 0 Å². The Labute approximate surface area is 277 Å². The van der Waals surface area contributed by atoms with E-state index in [-0.39, 0.29) is 12.1 Å². The van der Waals surface area contributed by atoms with Gasteiger partial charge in [-0.25, -0.2) is 0 Å². The fraction of sp³-hybridized carbons (Fsp3) is 0.200. The van der Waals surface area contributed by atoms with E-state index in [4.69, 9.17) is 11.5 Å². The van der Waals surface area contributed by atoms with Crippen LogP contribution >= 0.6 is 0 Å². The molecule has 0 aromatic heterocycles. The van der Waals surface area contributed by atoms with Gasteiger partial charge in [0.25, 0.3) is 0 Å². The average molecular weight is 776 g/mol. The molecule has 4 N–H and O–H groups in total. The minimum absolute atomic E-state index is 0.258. The molecule has 0 bridgehead atoms. The van der Waals surface area contributed by atoms with Crippen LogP contribution in [0.3, 0.4) is 0 Å². The van der Waals surface area contributed by atoms with Gasteiger partial charge in [0, 0.05) is 34.6 Å². The smallest absolute Gasteiger partial charge is 0.405 e. The van der Waals surface area contributed by atoms with Gasteiger partial charge in [-0.05, 0) is 70.8 Å². The van der Waals surface area contributed by atoms with E-state index >= 15 is 0 Å². The number of anilines is 2. The molecule has 0 aliphatic rings. The lowest BCUT2D eigenvalue weighted by Crippen LogP contribution is -2.19. The summed E-state index contributed by atoms with van der Waals surface area (Å²) in [6.45, 7) is 0. The van der Waals surface area contributed by atoms with Gasteiger partial charge in [-0.1, -0.05) is 0 Å². The van der Waals surface area contributed by atoms with Crippen LogP contribution in [0.1, 0.15) is 22.3 Å². The zero-order valence-corrected chi connectivity index (χ0v) is 24.5. The van der Waals surface area contributed by atoms with Crippen molar-refractivity contribution in [2.75, 3.05) is 11.5 Å². The van der Waals surface area contributed by atoms with E-state index in [1.54, 1.807) is 0 Å². The fourth-order valence-electron chi connectivity index (χ4n) is 4.97. The Hall–Kier alpha value is -5.18. The molecule has 0 amide bonds. The predicted molar refractivity (Wildman–Crippen MR) is 145 cm³/mol. The van der Waals surface area contributed by atoms with E-state index in [0.717, 1.165) is 0 Å².